The fourth-order valence-corrected chi connectivity index (χ4v) is 9.57. The van der Waals surface area contributed by atoms with Gasteiger partial charge < -0.3 is 4.42 Å². The van der Waals surface area contributed by atoms with Gasteiger partial charge in [-0.1, -0.05) is 182 Å². The van der Waals surface area contributed by atoms with Crippen LogP contribution < -0.4 is 0 Å². The van der Waals surface area contributed by atoms with E-state index in [4.69, 9.17) is 19.4 Å². The standard InChI is InChI=1S/C58H37N3O/c1-5-17-38(18-6-1)42-33-43(39-19-7-2-8-20-39)35-44(34-42)57-60-55(59-56(61-57)41-29-31-49-48-26-14-16-28-53(48)62-54(49)37-41)40-30-32-52-50(36-40)47-25-13-15-27-51(47)58(52,45-21-9-3-10-22-45)46-23-11-4-12-24-46/h1-37H. The first-order valence-corrected chi connectivity index (χ1v) is 21.0. The zero-order valence-electron chi connectivity index (χ0n) is 33.6. The van der Waals surface area contributed by atoms with Gasteiger partial charge in [0.15, 0.2) is 17.5 Å². The summed E-state index contributed by atoms with van der Waals surface area (Å²) in [6.45, 7) is 0. The van der Waals surface area contributed by atoms with Crippen LogP contribution in [0.4, 0.5) is 0 Å². The molecule has 0 N–H and O–H groups in total. The number of hydrogen-bond donors (Lipinski definition) is 0. The Kier molecular flexibility index (Phi) is 8.36. The molecule has 1 aliphatic rings. The molecule has 4 heteroatoms. The molecule has 0 fully saturated rings. The molecule has 11 aromatic rings. The van der Waals surface area contributed by atoms with Gasteiger partial charge in [-0.25, -0.2) is 15.0 Å². The second-order valence-corrected chi connectivity index (χ2v) is 15.9. The van der Waals surface area contributed by atoms with Crippen LogP contribution in [0.3, 0.4) is 0 Å². The van der Waals surface area contributed by atoms with Gasteiger partial charge in [-0.15, -0.1) is 0 Å². The van der Waals surface area contributed by atoms with Crippen molar-refractivity contribution >= 4 is 21.9 Å². The maximum Gasteiger partial charge on any atom is 0.164 e. The minimum atomic E-state index is -0.504. The highest BCUT2D eigenvalue weighted by Crippen LogP contribution is 2.56. The molecular formula is C58H37N3O. The molecule has 0 unspecified atom stereocenters. The van der Waals surface area contributed by atoms with E-state index in [1.807, 2.05) is 30.3 Å². The minimum Gasteiger partial charge on any atom is -0.456 e. The summed E-state index contributed by atoms with van der Waals surface area (Å²) < 4.78 is 6.38. The van der Waals surface area contributed by atoms with Gasteiger partial charge in [0.05, 0.1) is 5.41 Å². The number of fused-ring (bicyclic) bond motifs is 6. The Morgan fingerprint density at radius 1 is 0.290 bits per heavy atom. The molecule has 0 bridgehead atoms. The molecule has 62 heavy (non-hydrogen) atoms. The van der Waals surface area contributed by atoms with E-state index in [9.17, 15) is 0 Å². The van der Waals surface area contributed by atoms with Crippen LogP contribution in [0.25, 0.3) is 89.5 Å². The van der Waals surface area contributed by atoms with E-state index in [2.05, 4.69) is 194 Å². The zero-order chi connectivity index (χ0) is 41.0. The van der Waals surface area contributed by atoms with Crippen molar-refractivity contribution in [3.8, 4) is 67.5 Å². The maximum atomic E-state index is 6.38. The van der Waals surface area contributed by atoms with Gasteiger partial charge in [0, 0.05) is 27.5 Å². The lowest BCUT2D eigenvalue weighted by Crippen LogP contribution is -2.28. The lowest BCUT2D eigenvalue weighted by molar-refractivity contribution is 0.669. The molecule has 2 heterocycles. The van der Waals surface area contributed by atoms with Crippen LogP contribution in [0.15, 0.2) is 229 Å². The average molecular weight is 792 g/mol. The van der Waals surface area contributed by atoms with Crippen LogP contribution in [-0.4, -0.2) is 15.0 Å². The first kappa shape index (κ1) is 35.7. The van der Waals surface area contributed by atoms with E-state index < -0.39 is 5.41 Å². The van der Waals surface area contributed by atoms with Crippen molar-refractivity contribution in [2.45, 2.75) is 5.41 Å². The number of furan rings is 1. The van der Waals surface area contributed by atoms with E-state index in [1.54, 1.807) is 0 Å². The van der Waals surface area contributed by atoms with Gasteiger partial charge >= 0.3 is 0 Å². The lowest BCUT2D eigenvalue weighted by atomic mass is 9.67. The predicted octanol–water partition coefficient (Wildman–Crippen LogP) is 14.5. The maximum absolute atomic E-state index is 6.38. The number of para-hydroxylation sites is 1. The third-order valence-electron chi connectivity index (χ3n) is 12.4. The normalized spacial score (nSPS) is 12.6. The Bertz CT molecular complexity index is 3350. The van der Waals surface area contributed by atoms with Crippen LogP contribution in [0.2, 0.25) is 0 Å². The van der Waals surface area contributed by atoms with Crippen molar-refractivity contribution in [1.82, 2.24) is 15.0 Å². The van der Waals surface area contributed by atoms with Crippen LogP contribution >= 0.6 is 0 Å². The van der Waals surface area contributed by atoms with Crippen LogP contribution in [0, 0.1) is 0 Å². The van der Waals surface area contributed by atoms with Gasteiger partial charge in [-0.3, -0.25) is 0 Å². The van der Waals surface area contributed by atoms with Crippen molar-refractivity contribution in [3.63, 3.8) is 0 Å². The summed E-state index contributed by atoms with van der Waals surface area (Å²) in [6.07, 6.45) is 0. The van der Waals surface area contributed by atoms with E-state index in [1.165, 1.54) is 27.8 Å². The van der Waals surface area contributed by atoms with E-state index in [-0.39, 0.29) is 0 Å². The molecule has 2 aromatic heterocycles. The number of benzene rings is 9. The highest BCUT2D eigenvalue weighted by molar-refractivity contribution is 6.05. The molecule has 0 aliphatic heterocycles. The number of nitrogens with zero attached hydrogens (tertiary/aromatic N) is 3. The second-order valence-electron chi connectivity index (χ2n) is 15.9. The summed E-state index contributed by atoms with van der Waals surface area (Å²) in [4.78, 5) is 15.9. The minimum absolute atomic E-state index is 0.504. The van der Waals surface area contributed by atoms with Crippen LogP contribution in [0.5, 0.6) is 0 Å². The fourth-order valence-electron chi connectivity index (χ4n) is 9.57. The topological polar surface area (TPSA) is 51.8 Å². The second kappa shape index (κ2) is 14.5. The Hall–Kier alpha value is -8.21. The molecule has 0 amide bonds. The van der Waals surface area contributed by atoms with Crippen molar-refractivity contribution in [2.75, 3.05) is 0 Å². The smallest absolute Gasteiger partial charge is 0.164 e. The van der Waals surface area contributed by atoms with Crippen molar-refractivity contribution in [1.29, 1.82) is 0 Å². The zero-order valence-corrected chi connectivity index (χ0v) is 33.6. The van der Waals surface area contributed by atoms with Gasteiger partial charge in [0.25, 0.3) is 0 Å². The predicted molar refractivity (Wildman–Crippen MR) is 252 cm³/mol. The highest BCUT2D eigenvalue weighted by atomic mass is 16.3. The first-order valence-electron chi connectivity index (χ1n) is 21.0. The van der Waals surface area contributed by atoms with Gasteiger partial charge in [-0.05, 0) is 98.1 Å². The molecule has 0 saturated heterocycles. The van der Waals surface area contributed by atoms with Crippen molar-refractivity contribution in [2.24, 2.45) is 0 Å². The molecule has 12 rings (SSSR count). The van der Waals surface area contributed by atoms with Gasteiger partial charge in [0.2, 0.25) is 0 Å². The molecule has 1 aliphatic carbocycles. The van der Waals surface area contributed by atoms with Gasteiger partial charge in [-0.2, -0.15) is 0 Å². The number of hydrogen-bond acceptors (Lipinski definition) is 4. The summed E-state index contributed by atoms with van der Waals surface area (Å²) in [5.74, 6) is 1.76. The molecular weight excluding hydrogens is 755 g/mol. The first-order chi connectivity index (χ1) is 30.7. The molecule has 0 atom stereocenters. The Labute approximate surface area is 359 Å². The summed E-state index contributed by atoms with van der Waals surface area (Å²) in [5.41, 5.74) is 15.5. The molecule has 0 radical (unpaired) electrons. The van der Waals surface area contributed by atoms with E-state index in [0.717, 1.165) is 66.4 Å². The van der Waals surface area contributed by atoms with Crippen molar-refractivity contribution in [3.05, 3.63) is 247 Å². The van der Waals surface area contributed by atoms with E-state index in [0.29, 0.717) is 17.5 Å². The summed E-state index contributed by atoms with van der Waals surface area (Å²) in [6, 6.07) is 79.4. The van der Waals surface area contributed by atoms with E-state index >= 15 is 0 Å². The molecule has 0 spiro atoms. The van der Waals surface area contributed by atoms with Crippen molar-refractivity contribution < 1.29 is 4.42 Å². The molecule has 9 aromatic carbocycles. The molecule has 290 valence electrons. The average Bonchev–Trinajstić information content (AvgIpc) is 3.88. The SMILES string of the molecule is c1ccc(-c2cc(-c3ccccc3)cc(-c3nc(-c4ccc5c(c4)-c4ccccc4C5(c4ccccc4)c4ccccc4)nc(-c4ccc5c(c4)oc4ccccc45)n3)c2)cc1. The number of aromatic nitrogens is 3. The molecule has 4 nitrogen and oxygen atoms in total. The quantitative estimate of drug-likeness (QED) is 0.161. The third kappa shape index (κ3) is 5.80. The Balaban J connectivity index is 1.09. The Morgan fingerprint density at radius 3 is 1.40 bits per heavy atom. The lowest BCUT2D eigenvalue weighted by Gasteiger charge is -2.33. The largest absolute Gasteiger partial charge is 0.456 e. The van der Waals surface area contributed by atoms with Crippen LogP contribution in [0.1, 0.15) is 22.3 Å². The van der Waals surface area contributed by atoms with Gasteiger partial charge in [0.1, 0.15) is 11.2 Å². The highest BCUT2D eigenvalue weighted by Gasteiger charge is 2.46. The third-order valence-corrected chi connectivity index (χ3v) is 12.4. The fraction of sp³-hybridized carbons (Fsp3) is 0.0172. The van der Waals surface area contributed by atoms with Crippen LogP contribution in [-0.2, 0) is 5.41 Å². The summed E-state index contributed by atoms with van der Waals surface area (Å²) >= 11 is 0. The molecule has 0 saturated carbocycles. The Morgan fingerprint density at radius 2 is 0.758 bits per heavy atom. The monoisotopic (exact) mass is 791 g/mol. The summed E-state index contributed by atoms with van der Waals surface area (Å²) in [7, 11) is 0. The number of rotatable bonds is 7. The summed E-state index contributed by atoms with van der Waals surface area (Å²) in [5, 5.41) is 2.14.